The van der Waals surface area contributed by atoms with Crippen LogP contribution in [-0.4, -0.2) is 29.7 Å². The molecule has 0 spiro atoms. The van der Waals surface area contributed by atoms with Gasteiger partial charge in [0.2, 0.25) is 0 Å². The summed E-state index contributed by atoms with van der Waals surface area (Å²) in [5.74, 6) is -0.459. The van der Waals surface area contributed by atoms with Crippen molar-refractivity contribution in [3.8, 4) is 0 Å². The van der Waals surface area contributed by atoms with Gasteiger partial charge in [-0.1, -0.05) is 44.2 Å². The molecule has 19 heavy (non-hydrogen) atoms. The number of hydrogen-bond donors (Lipinski definition) is 1. The van der Waals surface area contributed by atoms with Crippen LogP contribution in [0.25, 0.3) is 0 Å². The molecule has 0 bridgehead atoms. The lowest BCUT2D eigenvalue weighted by atomic mass is 10.0. The molecule has 2 rings (SSSR count). The van der Waals surface area contributed by atoms with Crippen molar-refractivity contribution in [3.05, 3.63) is 35.9 Å². The van der Waals surface area contributed by atoms with Crippen LogP contribution in [0.5, 0.6) is 0 Å². The first-order chi connectivity index (χ1) is 9.23. The third kappa shape index (κ3) is 3.35. The predicted octanol–water partition coefficient (Wildman–Crippen LogP) is 2.91. The summed E-state index contributed by atoms with van der Waals surface area (Å²) in [6.07, 6.45) is 3.19. The maximum Gasteiger partial charge on any atom is 0.168 e. The molecule has 0 saturated carbocycles. The van der Waals surface area contributed by atoms with E-state index < -0.39 is 5.79 Å². The lowest BCUT2D eigenvalue weighted by Crippen LogP contribution is -2.29. The highest BCUT2D eigenvalue weighted by molar-refractivity contribution is 5.16. The van der Waals surface area contributed by atoms with Crippen LogP contribution < -0.4 is 0 Å². The van der Waals surface area contributed by atoms with Crippen LogP contribution in [0.3, 0.4) is 0 Å². The minimum atomic E-state index is -0.459. The molecule has 106 valence electrons. The van der Waals surface area contributed by atoms with Crippen LogP contribution in [0.15, 0.2) is 30.3 Å². The number of aliphatic hydroxyl groups excluding tert-OH is 1. The van der Waals surface area contributed by atoms with Crippen molar-refractivity contribution < 1.29 is 14.6 Å². The van der Waals surface area contributed by atoms with E-state index >= 15 is 0 Å². The van der Waals surface area contributed by atoms with Crippen LogP contribution >= 0.6 is 0 Å². The van der Waals surface area contributed by atoms with E-state index in [0.29, 0.717) is 6.42 Å². The third-order valence-corrected chi connectivity index (χ3v) is 3.92. The molecule has 1 aliphatic heterocycles. The average molecular weight is 264 g/mol. The maximum absolute atomic E-state index is 9.19. The summed E-state index contributed by atoms with van der Waals surface area (Å²) in [5, 5.41) is 9.19. The lowest BCUT2D eigenvalue weighted by molar-refractivity contribution is -0.179. The molecule has 3 heteroatoms. The van der Waals surface area contributed by atoms with Crippen LogP contribution in [0.2, 0.25) is 0 Å². The highest BCUT2D eigenvalue weighted by atomic mass is 16.8. The topological polar surface area (TPSA) is 38.7 Å². The van der Waals surface area contributed by atoms with Crippen molar-refractivity contribution in [1.82, 2.24) is 0 Å². The summed E-state index contributed by atoms with van der Waals surface area (Å²) >= 11 is 0. The number of aliphatic hydroxyl groups is 1. The second-order valence-electron chi connectivity index (χ2n) is 5.13. The molecule has 1 saturated heterocycles. The van der Waals surface area contributed by atoms with Crippen molar-refractivity contribution in [2.24, 2.45) is 0 Å². The van der Waals surface area contributed by atoms with E-state index in [0.717, 1.165) is 19.3 Å². The molecule has 1 heterocycles. The number of benzene rings is 1. The first-order valence-corrected chi connectivity index (χ1v) is 7.23. The largest absolute Gasteiger partial charge is 0.396 e. The van der Waals surface area contributed by atoms with Crippen LogP contribution in [0.4, 0.5) is 0 Å². The summed E-state index contributed by atoms with van der Waals surface area (Å²) in [6, 6.07) is 10.3. The van der Waals surface area contributed by atoms with Gasteiger partial charge in [-0.3, -0.25) is 0 Å². The smallest absolute Gasteiger partial charge is 0.168 e. The normalized spacial score (nSPS) is 25.6. The Balaban J connectivity index is 2.08. The van der Waals surface area contributed by atoms with E-state index in [1.165, 1.54) is 5.56 Å². The maximum atomic E-state index is 9.19. The zero-order valence-electron chi connectivity index (χ0n) is 11.8. The number of hydrogen-bond acceptors (Lipinski definition) is 3. The van der Waals surface area contributed by atoms with E-state index in [9.17, 15) is 5.11 Å². The van der Waals surface area contributed by atoms with Crippen LogP contribution in [0, 0.1) is 0 Å². The molecule has 1 aromatic carbocycles. The highest BCUT2D eigenvalue weighted by Gasteiger charge is 2.44. The van der Waals surface area contributed by atoms with Gasteiger partial charge >= 0.3 is 0 Å². The summed E-state index contributed by atoms with van der Waals surface area (Å²) < 4.78 is 12.3. The molecular formula is C16H24O3. The van der Waals surface area contributed by atoms with Crippen LogP contribution in [0.1, 0.15) is 38.7 Å². The molecular weight excluding hydrogens is 240 g/mol. The second-order valence-corrected chi connectivity index (χ2v) is 5.13. The fourth-order valence-corrected chi connectivity index (χ4v) is 2.71. The molecule has 1 aliphatic rings. The molecule has 0 aliphatic carbocycles. The Labute approximate surface area is 115 Å². The summed E-state index contributed by atoms with van der Waals surface area (Å²) in [4.78, 5) is 0. The first kappa shape index (κ1) is 14.5. The third-order valence-electron chi connectivity index (χ3n) is 3.92. The number of ether oxygens (including phenoxy) is 2. The van der Waals surface area contributed by atoms with Gasteiger partial charge in [0.05, 0.1) is 12.2 Å². The van der Waals surface area contributed by atoms with E-state index in [-0.39, 0.29) is 18.8 Å². The van der Waals surface area contributed by atoms with E-state index in [1.54, 1.807) is 0 Å². The summed E-state index contributed by atoms with van der Waals surface area (Å²) in [7, 11) is 0. The Morgan fingerprint density at radius 1 is 1.05 bits per heavy atom. The van der Waals surface area contributed by atoms with Gasteiger partial charge in [0.25, 0.3) is 0 Å². The Kier molecular flexibility index (Phi) is 4.97. The van der Waals surface area contributed by atoms with Gasteiger partial charge < -0.3 is 14.6 Å². The monoisotopic (exact) mass is 264 g/mol. The Morgan fingerprint density at radius 3 is 2.26 bits per heavy atom. The summed E-state index contributed by atoms with van der Waals surface area (Å²) in [6.45, 7) is 4.32. The molecule has 0 aromatic heterocycles. The zero-order chi connectivity index (χ0) is 13.7. The van der Waals surface area contributed by atoms with Gasteiger partial charge in [-0.25, -0.2) is 0 Å². The highest BCUT2D eigenvalue weighted by Crippen LogP contribution is 2.36. The van der Waals surface area contributed by atoms with Gasteiger partial charge in [0.1, 0.15) is 0 Å². The van der Waals surface area contributed by atoms with Gasteiger partial charge in [0, 0.05) is 13.0 Å². The van der Waals surface area contributed by atoms with Crippen molar-refractivity contribution in [2.75, 3.05) is 6.61 Å². The van der Waals surface area contributed by atoms with E-state index in [2.05, 4.69) is 26.0 Å². The molecule has 0 amide bonds. The van der Waals surface area contributed by atoms with E-state index in [4.69, 9.17) is 9.47 Å². The molecule has 3 nitrogen and oxygen atoms in total. The minimum Gasteiger partial charge on any atom is -0.396 e. The van der Waals surface area contributed by atoms with Crippen molar-refractivity contribution >= 4 is 0 Å². The molecule has 1 fully saturated rings. The van der Waals surface area contributed by atoms with Gasteiger partial charge in [-0.05, 0) is 24.8 Å². The SMILES string of the molecule is CCC1(CC)O[C@H](CCO)[C@@H](Cc2ccccc2)O1. The van der Waals surface area contributed by atoms with Gasteiger partial charge in [-0.15, -0.1) is 0 Å². The van der Waals surface area contributed by atoms with Gasteiger partial charge in [-0.2, -0.15) is 0 Å². The van der Waals surface area contributed by atoms with Crippen molar-refractivity contribution in [3.63, 3.8) is 0 Å². The first-order valence-electron chi connectivity index (χ1n) is 7.23. The molecule has 1 N–H and O–H groups in total. The lowest BCUT2D eigenvalue weighted by Gasteiger charge is -2.25. The van der Waals surface area contributed by atoms with E-state index in [1.807, 2.05) is 18.2 Å². The molecule has 2 atom stereocenters. The second kappa shape index (κ2) is 6.51. The Morgan fingerprint density at radius 2 is 1.68 bits per heavy atom. The molecule has 0 unspecified atom stereocenters. The summed E-state index contributed by atoms with van der Waals surface area (Å²) in [5.41, 5.74) is 1.25. The van der Waals surface area contributed by atoms with Crippen LogP contribution in [-0.2, 0) is 15.9 Å². The Hall–Kier alpha value is -0.900. The quantitative estimate of drug-likeness (QED) is 0.858. The molecule has 0 radical (unpaired) electrons. The Bertz CT molecular complexity index is 373. The minimum absolute atomic E-state index is 0.00916. The van der Waals surface area contributed by atoms with Crippen molar-refractivity contribution in [1.29, 1.82) is 0 Å². The van der Waals surface area contributed by atoms with Crippen molar-refractivity contribution in [2.45, 2.75) is 57.5 Å². The van der Waals surface area contributed by atoms with Gasteiger partial charge in [0.15, 0.2) is 5.79 Å². The fourth-order valence-electron chi connectivity index (χ4n) is 2.71. The molecule has 1 aromatic rings. The standard InChI is InChI=1S/C16H24O3/c1-3-16(4-2)18-14(10-11-17)15(19-16)12-13-8-6-5-7-9-13/h5-9,14-15,17H,3-4,10-12H2,1-2H3/t14-,15-/m1/s1. The predicted molar refractivity (Wildman–Crippen MR) is 74.9 cm³/mol. The zero-order valence-corrected chi connectivity index (χ0v) is 11.8. The average Bonchev–Trinajstić information content (AvgIpc) is 2.79. The number of rotatable bonds is 6. The fraction of sp³-hybridized carbons (Fsp3) is 0.625.